The van der Waals surface area contributed by atoms with E-state index < -0.39 is 36.7 Å². The first-order chi connectivity index (χ1) is 23.1. The second-order valence-corrected chi connectivity index (χ2v) is 12.6. The number of methoxy groups -OCH3 is 1. The molecular formula is C32H34F3N7O5S. The van der Waals surface area contributed by atoms with Crippen LogP contribution in [-0.4, -0.2) is 85.8 Å². The molecule has 0 spiro atoms. The number of pyridine rings is 2. The number of nitrogens with zero attached hydrogens (tertiary/aromatic N) is 4. The fourth-order valence-corrected chi connectivity index (χ4v) is 7.07. The summed E-state index contributed by atoms with van der Waals surface area (Å²) in [5.41, 5.74) is 3.08. The van der Waals surface area contributed by atoms with Crippen LogP contribution in [0, 0.1) is 5.92 Å². The highest BCUT2D eigenvalue weighted by atomic mass is 32.1. The molecule has 3 aromatic heterocycles. The summed E-state index contributed by atoms with van der Waals surface area (Å²) in [7, 11) is 1.59. The van der Waals surface area contributed by atoms with Gasteiger partial charge in [0.1, 0.15) is 16.3 Å². The number of piperidine rings is 1. The van der Waals surface area contributed by atoms with Crippen LogP contribution < -0.4 is 30.5 Å². The molecule has 2 amide bonds. The van der Waals surface area contributed by atoms with Crippen molar-refractivity contribution in [2.45, 2.75) is 25.2 Å². The first-order valence-corrected chi connectivity index (χ1v) is 16.1. The molecule has 0 unspecified atom stereocenters. The Hall–Kier alpha value is -4.83. The topological polar surface area (TPSA) is 141 Å². The molecule has 5 heterocycles. The molecule has 2 atom stereocenters. The van der Waals surface area contributed by atoms with Crippen molar-refractivity contribution in [2.75, 3.05) is 66.9 Å². The summed E-state index contributed by atoms with van der Waals surface area (Å²) < 4.78 is 53.2. The number of hydrogen-bond donors (Lipinski definition) is 4. The van der Waals surface area contributed by atoms with Gasteiger partial charge in [0.15, 0.2) is 0 Å². The third-order valence-corrected chi connectivity index (χ3v) is 9.44. The number of anilines is 4. The first kappa shape index (κ1) is 33.1. The summed E-state index contributed by atoms with van der Waals surface area (Å²) in [6, 6.07) is 10.0. The van der Waals surface area contributed by atoms with Crippen LogP contribution in [0.25, 0.3) is 10.2 Å². The van der Waals surface area contributed by atoms with Crippen LogP contribution in [0.4, 0.5) is 40.0 Å². The summed E-state index contributed by atoms with van der Waals surface area (Å²) in [6.07, 6.45) is -1.83. The third-order valence-electron chi connectivity index (χ3n) is 8.36. The lowest BCUT2D eigenvalue weighted by atomic mass is 9.93. The Balaban J connectivity index is 1.31. The van der Waals surface area contributed by atoms with Crippen molar-refractivity contribution >= 4 is 55.6 Å². The summed E-state index contributed by atoms with van der Waals surface area (Å²) >= 11 is 1.38. The molecule has 0 aliphatic carbocycles. The zero-order valence-corrected chi connectivity index (χ0v) is 26.7. The van der Waals surface area contributed by atoms with E-state index in [1.807, 2.05) is 30.3 Å². The Morgan fingerprint density at radius 3 is 2.58 bits per heavy atom. The second-order valence-electron chi connectivity index (χ2n) is 11.5. The Morgan fingerprint density at radius 1 is 1.10 bits per heavy atom. The van der Waals surface area contributed by atoms with Gasteiger partial charge >= 0.3 is 12.3 Å². The number of morpholine rings is 1. The molecule has 6 rings (SSSR count). The van der Waals surface area contributed by atoms with Gasteiger partial charge in [-0.1, -0.05) is 12.1 Å². The number of halogens is 3. The normalized spacial score (nSPS) is 18.4. The Labute approximate surface area is 277 Å². The Morgan fingerprint density at radius 2 is 1.88 bits per heavy atom. The van der Waals surface area contributed by atoms with Crippen molar-refractivity contribution in [1.29, 1.82) is 0 Å². The Kier molecular flexibility index (Phi) is 9.73. The quantitative estimate of drug-likeness (QED) is 0.180. The average Bonchev–Trinajstić information content (AvgIpc) is 3.45. The van der Waals surface area contributed by atoms with Crippen LogP contribution in [0.2, 0.25) is 0 Å². The largest absolute Gasteiger partial charge is 0.497 e. The van der Waals surface area contributed by atoms with Crippen molar-refractivity contribution in [1.82, 2.24) is 15.3 Å². The summed E-state index contributed by atoms with van der Waals surface area (Å²) in [4.78, 5) is 37.9. The standard InChI is InChI=1S/C32H34F3N7O5S/c1-46-23-4-2-19(3-5-23)14-38-30-27(28-26(48-30)13-22(15-37-28)41-8-10-47-11-9-41)29(43)40-24-16-36-7-6-25(24)42-17-20(32(33,34)35)12-21(18-42)39-31(44)45/h2-7,13,15-16,20-21,38-39H,8-12,14,17-18H2,1H3,(H,40,43)(H,44,45)/t20-,21+/m1/s1. The lowest BCUT2D eigenvalue weighted by molar-refractivity contribution is -0.177. The number of benzene rings is 1. The van der Waals surface area contributed by atoms with E-state index in [1.165, 1.54) is 34.7 Å². The van der Waals surface area contributed by atoms with Crippen LogP contribution >= 0.6 is 11.3 Å². The van der Waals surface area contributed by atoms with Crippen LogP contribution in [0.3, 0.4) is 0 Å². The molecule has 0 saturated carbocycles. The molecule has 2 fully saturated rings. The number of carbonyl (C=O) groups excluding carboxylic acids is 1. The minimum Gasteiger partial charge on any atom is -0.497 e. The number of aromatic nitrogens is 2. The van der Waals surface area contributed by atoms with E-state index in [2.05, 4.69) is 25.8 Å². The molecule has 1 aromatic carbocycles. The van der Waals surface area contributed by atoms with E-state index in [9.17, 15) is 27.9 Å². The Bertz CT molecular complexity index is 1770. The minimum absolute atomic E-state index is 0.0202. The van der Waals surface area contributed by atoms with Gasteiger partial charge in [0, 0.05) is 38.9 Å². The molecular weight excluding hydrogens is 651 g/mol. The van der Waals surface area contributed by atoms with Gasteiger partial charge < -0.3 is 40.3 Å². The molecule has 2 saturated heterocycles. The van der Waals surface area contributed by atoms with Crippen LogP contribution in [0.5, 0.6) is 5.75 Å². The van der Waals surface area contributed by atoms with Crippen molar-refractivity contribution in [3.05, 3.63) is 66.1 Å². The predicted molar refractivity (Wildman–Crippen MR) is 176 cm³/mol. The summed E-state index contributed by atoms with van der Waals surface area (Å²) in [6.45, 7) is 2.61. The molecule has 12 nitrogen and oxygen atoms in total. The SMILES string of the molecule is COc1ccc(CNc2sc3cc(N4CCOCC4)cnc3c2C(=O)Nc2cnccc2N2C[C@@H](NC(=O)O)C[C@@H](C(F)(F)F)C2)cc1. The van der Waals surface area contributed by atoms with Gasteiger partial charge in [-0.15, -0.1) is 11.3 Å². The highest BCUT2D eigenvalue weighted by molar-refractivity contribution is 7.23. The number of alkyl halides is 3. The van der Waals surface area contributed by atoms with E-state index >= 15 is 0 Å². The highest BCUT2D eigenvalue weighted by Gasteiger charge is 2.45. The van der Waals surface area contributed by atoms with Gasteiger partial charge in [-0.25, -0.2) is 4.79 Å². The van der Waals surface area contributed by atoms with Gasteiger partial charge in [0.2, 0.25) is 0 Å². The molecule has 4 aromatic rings. The maximum atomic E-state index is 14.1. The van der Waals surface area contributed by atoms with Crippen molar-refractivity contribution in [3.8, 4) is 5.75 Å². The number of rotatable bonds is 9. The van der Waals surface area contributed by atoms with Crippen molar-refractivity contribution in [2.24, 2.45) is 5.92 Å². The van der Waals surface area contributed by atoms with E-state index in [4.69, 9.17) is 14.5 Å². The molecule has 2 aliphatic rings. The molecule has 48 heavy (non-hydrogen) atoms. The third kappa shape index (κ3) is 7.49. The molecule has 2 aliphatic heterocycles. The van der Waals surface area contributed by atoms with Gasteiger partial charge in [-0.05, 0) is 36.2 Å². The summed E-state index contributed by atoms with van der Waals surface area (Å²) in [5.74, 6) is -1.59. The van der Waals surface area contributed by atoms with Gasteiger partial charge in [0.25, 0.3) is 5.91 Å². The molecule has 4 N–H and O–H groups in total. The smallest absolute Gasteiger partial charge is 0.404 e. The van der Waals surface area contributed by atoms with Crippen molar-refractivity contribution in [3.63, 3.8) is 0 Å². The lowest BCUT2D eigenvalue weighted by Crippen LogP contribution is -2.53. The predicted octanol–water partition coefficient (Wildman–Crippen LogP) is 5.43. The molecule has 16 heteroatoms. The van der Waals surface area contributed by atoms with Gasteiger partial charge in [-0.3, -0.25) is 14.8 Å². The number of ether oxygens (including phenoxy) is 2. The van der Waals surface area contributed by atoms with Gasteiger partial charge in [0.05, 0.1) is 72.0 Å². The first-order valence-electron chi connectivity index (χ1n) is 15.3. The fraction of sp³-hybridized carbons (Fsp3) is 0.375. The number of thiophene rings is 1. The minimum atomic E-state index is -4.54. The maximum Gasteiger partial charge on any atom is 0.404 e. The van der Waals surface area contributed by atoms with Crippen molar-refractivity contribution < 1.29 is 37.3 Å². The van der Waals surface area contributed by atoms with Gasteiger partial charge in [-0.2, -0.15) is 13.2 Å². The van der Waals surface area contributed by atoms with E-state index in [0.717, 1.165) is 16.0 Å². The number of hydrogen-bond acceptors (Lipinski definition) is 10. The highest BCUT2D eigenvalue weighted by Crippen LogP contribution is 2.40. The fourth-order valence-electron chi connectivity index (χ4n) is 5.98. The van der Waals surface area contributed by atoms with Crippen LogP contribution in [0.15, 0.2) is 55.0 Å². The monoisotopic (exact) mass is 685 g/mol. The molecule has 0 bridgehead atoms. The number of carbonyl (C=O) groups is 2. The lowest BCUT2D eigenvalue weighted by Gasteiger charge is -2.40. The van der Waals surface area contributed by atoms with E-state index in [-0.39, 0.29) is 24.2 Å². The number of amides is 2. The number of carboxylic acid groups (broad SMARTS) is 1. The zero-order chi connectivity index (χ0) is 33.8. The maximum absolute atomic E-state index is 14.1. The van der Waals surface area contributed by atoms with E-state index in [0.29, 0.717) is 54.8 Å². The average molecular weight is 686 g/mol. The van der Waals surface area contributed by atoms with Crippen LogP contribution in [0.1, 0.15) is 22.3 Å². The number of fused-ring (bicyclic) bond motifs is 1. The molecule has 0 radical (unpaired) electrons. The summed E-state index contributed by atoms with van der Waals surface area (Å²) in [5, 5.41) is 18.2. The molecule has 254 valence electrons. The van der Waals surface area contributed by atoms with Crippen LogP contribution in [-0.2, 0) is 11.3 Å². The second kappa shape index (κ2) is 14.1. The zero-order valence-electron chi connectivity index (χ0n) is 25.9. The van der Waals surface area contributed by atoms with E-state index in [1.54, 1.807) is 13.3 Å². The number of nitrogens with one attached hydrogen (secondary N) is 3.